The normalized spacial score (nSPS) is 11.1. The van der Waals surface area contributed by atoms with E-state index in [1.54, 1.807) is 6.08 Å². The number of nitrogens with zero attached hydrogens (tertiary/aromatic N) is 1. The second-order valence-corrected chi connectivity index (χ2v) is 6.31. The van der Waals surface area contributed by atoms with Crippen LogP contribution in [0, 0.1) is 6.92 Å². The molecule has 1 heterocycles. The summed E-state index contributed by atoms with van der Waals surface area (Å²) in [7, 11) is 0. The number of para-hydroxylation sites is 1. The number of rotatable bonds is 5. The van der Waals surface area contributed by atoms with Crippen molar-refractivity contribution in [2.75, 3.05) is 11.9 Å². The van der Waals surface area contributed by atoms with Crippen LogP contribution in [0.2, 0.25) is 0 Å². The van der Waals surface area contributed by atoms with Gasteiger partial charge in [0.15, 0.2) is 5.13 Å². The minimum atomic E-state index is -0.211. The zero-order valence-electron chi connectivity index (χ0n) is 13.6. The van der Waals surface area contributed by atoms with Gasteiger partial charge >= 0.3 is 0 Å². The highest BCUT2D eigenvalue weighted by Gasteiger charge is 2.06. The van der Waals surface area contributed by atoms with E-state index in [-0.39, 0.29) is 5.91 Å². The summed E-state index contributed by atoms with van der Waals surface area (Å²) in [6.45, 7) is 4.56. The summed E-state index contributed by atoms with van der Waals surface area (Å²) < 4.78 is 6.61. The molecule has 122 valence electrons. The van der Waals surface area contributed by atoms with Crippen LogP contribution >= 0.6 is 11.3 Å². The molecule has 3 aromatic rings. The Kier molecular flexibility index (Phi) is 4.91. The predicted molar refractivity (Wildman–Crippen MR) is 99.6 cm³/mol. The standard InChI is InChI=1S/C19H18N2O2S/c1-3-23-16-7-5-4-6-14(16)9-11-18(22)21-19-20-15-10-8-13(2)12-17(15)24-19/h4-12H,3H2,1-2H3,(H,20,21,22)/b11-9+. The van der Waals surface area contributed by atoms with E-state index in [1.165, 1.54) is 23.0 Å². The number of aromatic nitrogens is 1. The lowest BCUT2D eigenvalue weighted by Crippen LogP contribution is -2.07. The molecular weight excluding hydrogens is 320 g/mol. The van der Waals surface area contributed by atoms with Gasteiger partial charge in [0.2, 0.25) is 5.91 Å². The van der Waals surface area contributed by atoms with Crippen molar-refractivity contribution in [3.8, 4) is 5.75 Å². The van der Waals surface area contributed by atoms with E-state index in [0.29, 0.717) is 11.7 Å². The van der Waals surface area contributed by atoms with Crippen molar-refractivity contribution >= 4 is 38.7 Å². The van der Waals surface area contributed by atoms with Gasteiger partial charge in [-0.05, 0) is 43.7 Å². The van der Waals surface area contributed by atoms with Crippen LogP contribution in [0.5, 0.6) is 5.75 Å². The molecule has 1 amide bonds. The first-order valence-electron chi connectivity index (χ1n) is 7.74. The number of amides is 1. The number of aryl methyl sites for hydroxylation is 1. The quantitative estimate of drug-likeness (QED) is 0.689. The third-order valence-electron chi connectivity index (χ3n) is 3.41. The minimum absolute atomic E-state index is 0.211. The molecule has 0 saturated heterocycles. The summed E-state index contributed by atoms with van der Waals surface area (Å²) in [5.41, 5.74) is 2.94. The van der Waals surface area contributed by atoms with Crippen LogP contribution in [0.25, 0.3) is 16.3 Å². The molecular formula is C19H18N2O2S. The molecule has 0 aliphatic carbocycles. The summed E-state index contributed by atoms with van der Waals surface area (Å²) in [5.74, 6) is 0.552. The molecule has 3 rings (SSSR count). The van der Waals surface area contributed by atoms with Crippen LogP contribution in [0.15, 0.2) is 48.5 Å². The lowest BCUT2D eigenvalue weighted by atomic mass is 10.2. The Morgan fingerprint density at radius 2 is 2.12 bits per heavy atom. The van der Waals surface area contributed by atoms with Gasteiger partial charge in [-0.25, -0.2) is 4.98 Å². The van der Waals surface area contributed by atoms with Crippen LogP contribution < -0.4 is 10.1 Å². The van der Waals surface area contributed by atoms with Gasteiger partial charge in [-0.15, -0.1) is 0 Å². The molecule has 0 atom stereocenters. The minimum Gasteiger partial charge on any atom is -0.493 e. The number of hydrogen-bond acceptors (Lipinski definition) is 4. The lowest BCUT2D eigenvalue weighted by molar-refractivity contribution is -0.111. The van der Waals surface area contributed by atoms with E-state index < -0.39 is 0 Å². The fourth-order valence-electron chi connectivity index (χ4n) is 2.30. The maximum atomic E-state index is 12.1. The Hall–Kier alpha value is -2.66. The van der Waals surface area contributed by atoms with Crippen molar-refractivity contribution in [3.63, 3.8) is 0 Å². The number of hydrogen-bond donors (Lipinski definition) is 1. The van der Waals surface area contributed by atoms with Gasteiger partial charge in [-0.1, -0.05) is 35.6 Å². The fourth-order valence-corrected chi connectivity index (χ4v) is 3.27. The molecule has 5 heteroatoms. The number of carbonyl (C=O) groups excluding carboxylic acids is 1. The van der Waals surface area contributed by atoms with Crippen molar-refractivity contribution in [2.24, 2.45) is 0 Å². The van der Waals surface area contributed by atoms with Crippen LogP contribution in [0.4, 0.5) is 5.13 Å². The van der Waals surface area contributed by atoms with Crippen molar-refractivity contribution in [1.82, 2.24) is 4.98 Å². The topological polar surface area (TPSA) is 51.2 Å². The molecule has 0 bridgehead atoms. The van der Waals surface area contributed by atoms with E-state index in [0.717, 1.165) is 21.5 Å². The van der Waals surface area contributed by atoms with Crippen molar-refractivity contribution < 1.29 is 9.53 Å². The maximum Gasteiger partial charge on any atom is 0.250 e. The number of carbonyl (C=O) groups is 1. The van der Waals surface area contributed by atoms with Gasteiger partial charge in [-0.2, -0.15) is 0 Å². The molecule has 0 unspecified atom stereocenters. The number of ether oxygens (including phenoxy) is 1. The molecule has 0 radical (unpaired) electrons. The highest BCUT2D eigenvalue weighted by Crippen LogP contribution is 2.26. The molecule has 0 saturated carbocycles. The molecule has 4 nitrogen and oxygen atoms in total. The van der Waals surface area contributed by atoms with Crippen molar-refractivity contribution in [1.29, 1.82) is 0 Å². The van der Waals surface area contributed by atoms with Gasteiger partial charge in [0.1, 0.15) is 5.75 Å². The van der Waals surface area contributed by atoms with Crippen molar-refractivity contribution in [2.45, 2.75) is 13.8 Å². The third-order valence-corrected chi connectivity index (χ3v) is 4.34. The van der Waals surface area contributed by atoms with E-state index >= 15 is 0 Å². The second kappa shape index (κ2) is 7.27. The molecule has 1 aromatic heterocycles. The fraction of sp³-hybridized carbons (Fsp3) is 0.158. The highest BCUT2D eigenvalue weighted by atomic mass is 32.1. The Bertz CT molecular complexity index is 899. The first-order chi connectivity index (χ1) is 11.7. The van der Waals surface area contributed by atoms with Crippen LogP contribution in [0.3, 0.4) is 0 Å². The first-order valence-corrected chi connectivity index (χ1v) is 8.55. The number of nitrogens with one attached hydrogen (secondary N) is 1. The molecule has 0 fully saturated rings. The van der Waals surface area contributed by atoms with Gasteiger partial charge in [-0.3, -0.25) is 10.1 Å². The number of thiazole rings is 1. The second-order valence-electron chi connectivity index (χ2n) is 5.28. The third kappa shape index (κ3) is 3.81. The predicted octanol–water partition coefficient (Wildman–Crippen LogP) is 4.66. The van der Waals surface area contributed by atoms with Crippen LogP contribution in [-0.4, -0.2) is 17.5 Å². The summed E-state index contributed by atoms with van der Waals surface area (Å²) in [6.07, 6.45) is 3.24. The number of fused-ring (bicyclic) bond motifs is 1. The average Bonchev–Trinajstić information content (AvgIpc) is 2.95. The first kappa shape index (κ1) is 16.2. The molecule has 1 N–H and O–H groups in total. The van der Waals surface area contributed by atoms with Crippen LogP contribution in [-0.2, 0) is 4.79 Å². The summed E-state index contributed by atoms with van der Waals surface area (Å²) in [4.78, 5) is 16.6. The Labute approximate surface area is 144 Å². The lowest BCUT2D eigenvalue weighted by Gasteiger charge is -2.06. The maximum absolute atomic E-state index is 12.1. The largest absolute Gasteiger partial charge is 0.493 e. The summed E-state index contributed by atoms with van der Waals surface area (Å²) in [6, 6.07) is 13.7. The monoisotopic (exact) mass is 338 g/mol. The molecule has 0 aliphatic heterocycles. The number of benzene rings is 2. The van der Waals surface area contributed by atoms with E-state index in [4.69, 9.17) is 4.74 Å². The Morgan fingerprint density at radius 1 is 1.29 bits per heavy atom. The van der Waals surface area contributed by atoms with Gasteiger partial charge < -0.3 is 4.74 Å². The molecule has 0 spiro atoms. The smallest absolute Gasteiger partial charge is 0.250 e. The van der Waals surface area contributed by atoms with Crippen LogP contribution in [0.1, 0.15) is 18.1 Å². The summed E-state index contributed by atoms with van der Waals surface area (Å²) >= 11 is 1.47. The summed E-state index contributed by atoms with van der Waals surface area (Å²) in [5, 5.41) is 3.41. The zero-order chi connectivity index (χ0) is 16.9. The van der Waals surface area contributed by atoms with E-state index in [2.05, 4.69) is 16.4 Å². The Balaban J connectivity index is 1.72. The Morgan fingerprint density at radius 3 is 2.96 bits per heavy atom. The molecule has 24 heavy (non-hydrogen) atoms. The van der Waals surface area contributed by atoms with Gasteiger partial charge in [0.05, 0.1) is 16.8 Å². The highest BCUT2D eigenvalue weighted by molar-refractivity contribution is 7.22. The molecule has 2 aromatic carbocycles. The molecule has 0 aliphatic rings. The van der Waals surface area contributed by atoms with Gasteiger partial charge in [0.25, 0.3) is 0 Å². The number of anilines is 1. The SMILES string of the molecule is CCOc1ccccc1/C=C/C(=O)Nc1nc2ccc(C)cc2s1. The zero-order valence-corrected chi connectivity index (χ0v) is 14.4. The van der Waals surface area contributed by atoms with E-state index in [9.17, 15) is 4.79 Å². The average molecular weight is 338 g/mol. The van der Waals surface area contributed by atoms with E-state index in [1.807, 2.05) is 50.2 Å². The van der Waals surface area contributed by atoms with Gasteiger partial charge in [0, 0.05) is 11.6 Å². The van der Waals surface area contributed by atoms with Crippen molar-refractivity contribution in [3.05, 3.63) is 59.7 Å².